The first-order valence-corrected chi connectivity index (χ1v) is 6.58. The minimum absolute atomic E-state index is 0.381. The average molecular weight is 286 g/mol. The van der Waals surface area contributed by atoms with Crippen LogP contribution in [0.25, 0.3) is 11.3 Å². The molecule has 6 heteroatoms. The lowest BCUT2D eigenvalue weighted by Crippen LogP contribution is -2.28. The third-order valence-electron chi connectivity index (χ3n) is 3.59. The second kappa shape index (κ2) is 5.05. The van der Waals surface area contributed by atoms with E-state index in [2.05, 4.69) is 5.10 Å². The number of aryl methyl sites for hydroxylation is 2. The van der Waals surface area contributed by atoms with Crippen LogP contribution in [0.2, 0.25) is 0 Å². The second-order valence-electron chi connectivity index (χ2n) is 4.93. The van der Waals surface area contributed by atoms with Gasteiger partial charge in [0.15, 0.2) is 0 Å². The maximum absolute atomic E-state index is 11.9. The maximum atomic E-state index is 11.9. The van der Waals surface area contributed by atoms with Gasteiger partial charge >= 0.3 is 5.97 Å². The van der Waals surface area contributed by atoms with Gasteiger partial charge in [0, 0.05) is 11.6 Å². The smallest absolute Gasteiger partial charge is 0.325 e. The van der Waals surface area contributed by atoms with Crippen molar-refractivity contribution in [2.24, 2.45) is 0 Å². The Morgan fingerprint density at radius 1 is 1.33 bits per heavy atom. The lowest BCUT2D eigenvalue weighted by Gasteiger charge is -2.20. The monoisotopic (exact) mass is 286 g/mol. The van der Waals surface area contributed by atoms with Gasteiger partial charge in [0.25, 0.3) is 5.56 Å². The normalized spacial score (nSPS) is 12.4. The van der Waals surface area contributed by atoms with E-state index in [-0.39, 0.29) is 5.56 Å². The van der Waals surface area contributed by atoms with Gasteiger partial charge in [0.1, 0.15) is 12.3 Å². The Kier molecular flexibility index (Phi) is 3.21. The van der Waals surface area contributed by atoms with Crippen molar-refractivity contribution in [2.75, 3.05) is 7.11 Å². The van der Waals surface area contributed by atoms with E-state index in [1.165, 1.54) is 6.07 Å². The molecule has 6 nitrogen and oxygen atoms in total. The first-order chi connectivity index (χ1) is 10.1. The molecule has 1 aromatic heterocycles. The van der Waals surface area contributed by atoms with Crippen molar-refractivity contribution in [3.8, 4) is 17.0 Å². The predicted octanol–water partition coefficient (Wildman–Crippen LogP) is 1.10. The molecule has 1 aromatic carbocycles. The molecule has 1 aliphatic carbocycles. The quantitative estimate of drug-likeness (QED) is 0.913. The van der Waals surface area contributed by atoms with Crippen LogP contribution in [0.1, 0.15) is 11.1 Å². The number of fused-ring (bicyclic) bond motifs is 3. The number of aliphatic carboxylic acids is 1. The molecule has 0 fully saturated rings. The first kappa shape index (κ1) is 13.4. The number of benzene rings is 1. The van der Waals surface area contributed by atoms with Crippen LogP contribution in [-0.4, -0.2) is 28.0 Å². The lowest BCUT2D eigenvalue weighted by molar-refractivity contribution is -0.138. The molecule has 0 aliphatic heterocycles. The van der Waals surface area contributed by atoms with E-state index in [4.69, 9.17) is 9.84 Å². The molecule has 0 amide bonds. The van der Waals surface area contributed by atoms with E-state index in [1.54, 1.807) is 7.11 Å². The zero-order valence-corrected chi connectivity index (χ0v) is 11.5. The summed E-state index contributed by atoms with van der Waals surface area (Å²) in [5.74, 6) is -0.314. The third-order valence-corrected chi connectivity index (χ3v) is 3.59. The van der Waals surface area contributed by atoms with Gasteiger partial charge in [-0.3, -0.25) is 9.59 Å². The molecule has 2 aromatic rings. The van der Waals surface area contributed by atoms with E-state index < -0.39 is 12.5 Å². The molecule has 1 heterocycles. The summed E-state index contributed by atoms with van der Waals surface area (Å²) >= 11 is 0. The van der Waals surface area contributed by atoms with Crippen molar-refractivity contribution in [2.45, 2.75) is 19.4 Å². The SMILES string of the molecule is COc1ccc2c(c1)CCc1cc(=O)n(CC(=O)O)nc1-2. The molecular weight excluding hydrogens is 272 g/mol. The molecule has 0 radical (unpaired) electrons. The summed E-state index contributed by atoms with van der Waals surface area (Å²) < 4.78 is 6.20. The van der Waals surface area contributed by atoms with Crippen LogP contribution in [0, 0.1) is 0 Å². The van der Waals surface area contributed by atoms with E-state index in [9.17, 15) is 9.59 Å². The number of methoxy groups -OCH3 is 1. The molecule has 0 saturated heterocycles. The van der Waals surface area contributed by atoms with Gasteiger partial charge in [0.05, 0.1) is 12.8 Å². The topological polar surface area (TPSA) is 81.4 Å². The van der Waals surface area contributed by atoms with Crippen molar-refractivity contribution in [1.29, 1.82) is 0 Å². The molecule has 0 bridgehead atoms. The number of carboxylic acids is 1. The number of carbonyl (C=O) groups is 1. The maximum Gasteiger partial charge on any atom is 0.325 e. The minimum atomic E-state index is -1.09. The van der Waals surface area contributed by atoms with Crippen molar-refractivity contribution in [1.82, 2.24) is 9.78 Å². The largest absolute Gasteiger partial charge is 0.497 e. The zero-order chi connectivity index (χ0) is 15.0. The summed E-state index contributed by atoms with van der Waals surface area (Å²) in [6, 6.07) is 7.17. The summed E-state index contributed by atoms with van der Waals surface area (Å²) in [6.07, 6.45) is 1.52. The second-order valence-corrected chi connectivity index (χ2v) is 4.93. The predicted molar refractivity (Wildman–Crippen MR) is 75.5 cm³/mol. The summed E-state index contributed by atoms with van der Waals surface area (Å²) in [6.45, 7) is -0.433. The average Bonchev–Trinajstić information content (AvgIpc) is 2.47. The Bertz CT molecular complexity index is 780. The number of nitrogens with zero attached hydrogens (tertiary/aromatic N) is 2. The first-order valence-electron chi connectivity index (χ1n) is 6.58. The van der Waals surface area contributed by atoms with Gasteiger partial charge in [-0.1, -0.05) is 0 Å². The Morgan fingerprint density at radius 3 is 2.81 bits per heavy atom. The van der Waals surface area contributed by atoms with Crippen molar-refractivity contribution < 1.29 is 14.6 Å². The number of hydrogen-bond donors (Lipinski definition) is 1. The molecule has 3 rings (SSSR count). The van der Waals surface area contributed by atoms with E-state index in [0.717, 1.165) is 33.5 Å². The fraction of sp³-hybridized carbons (Fsp3) is 0.267. The van der Waals surface area contributed by atoms with Crippen molar-refractivity contribution in [3.63, 3.8) is 0 Å². The highest BCUT2D eigenvalue weighted by atomic mass is 16.5. The van der Waals surface area contributed by atoms with Crippen molar-refractivity contribution >= 4 is 5.97 Å². The highest BCUT2D eigenvalue weighted by Gasteiger charge is 2.20. The number of rotatable bonds is 3. The molecular formula is C15H14N2O4. The summed E-state index contributed by atoms with van der Waals surface area (Å²) in [5, 5.41) is 13.1. The van der Waals surface area contributed by atoms with Gasteiger partial charge < -0.3 is 9.84 Å². The van der Waals surface area contributed by atoms with E-state index in [0.29, 0.717) is 12.1 Å². The number of aromatic nitrogens is 2. The Morgan fingerprint density at radius 2 is 2.10 bits per heavy atom. The van der Waals surface area contributed by atoms with Crippen LogP contribution in [0.15, 0.2) is 29.1 Å². The van der Waals surface area contributed by atoms with E-state index >= 15 is 0 Å². The Hall–Kier alpha value is -2.63. The van der Waals surface area contributed by atoms with Crippen LogP contribution in [0.4, 0.5) is 0 Å². The molecule has 1 aliphatic rings. The Labute approximate surface area is 120 Å². The highest BCUT2D eigenvalue weighted by Crippen LogP contribution is 2.33. The standard InChI is InChI=1S/C15H14N2O4/c1-21-11-4-5-12-9(6-11)2-3-10-7-13(18)17(8-14(19)20)16-15(10)12/h4-7H,2-3,8H2,1H3,(H,19,20). The zero-order valence-electron chi connectivity index (χ0n) is 11.5. The van der Waals surface area contributed by atoms with Gasteiger partial charge in [-0.15, -0.1) is 0 Å². The van der Waals surface area contributed by atoms with Gasteiger partial charge in [-0.05, 0) is 42.2 Å². The van der Waals surface area contributed by atoms with Crippen LogP contribution in [0.5, 0.6) is 5.75 Å². The van der Waals surface area contributed by atoms with Crippen LogP contribution < -0.4 is 10.3 Å². The number of ether oxygens (including phenoxy) is 1. The summed E-state index contributed by atoms with van der Waals surface area (Å²) in [5.41, 5.74) is 3.18. The lowest BCUT2D eigenvalue weighted by atomic mass is 9.89. The fourth-order valence-corrected chi connectivity index (χ4v) is 2.59. The number of carboxylic acid groups (broad SMARTS) is 1. The third kappa shape index (κ3) is 2.40. The molecule has 0 saturated carbocycles. The van der Waals surface area contributed by atoms with Gasteiger partial charge in [-0.25, -0.2) is 4.68 Å². The Balaban J connectivity index is 2.14. The van der Waals surface area contributed by atoms with Gasteiger partial charge in [0.2, 0.25) is 0 Å². The van der Waals surface area contributed by atoms with E-state index in [1.807, 2.05) is 18.2 Å². The van der Waals surface area contributed by atoms with Crippen LogP contribution >= 0.6 is 0 Å². The van der Waals surface area contributed by atoms with Crippen LogP contribution in [0.3, 0.4) is 0 Å². The molecule has 0 spiro atoms. The number of hydrogen-bond acceptors (Lipinski definition) is 4. The molecule has 1 N–H and O–H groups in total. The van der Waals surface area contributed by atoms with Crippen LogP contribution in [-0.2, 0) is 24.2 Å². The minimum Gasteiger partial charge on any atom is -0.497 e. The summed E-state index contributed by atoms with van der Waals surface area (Å²) in [4.78, 5) is 22.7. The summed E-state index contributed by atoms with van der Waals surface area (Å²) in [7, 11) is 1.61. The van der Waals surface area contributed by atoms with Gasteiger partial charge in [-0.2, -0.15) is 5.10 Å². The molecule has 0 unspecified atom stereocenters. The highest BCUT2D eigenvalue weighted by molar-refractivity contribution is 5.70. The van der Waals surface area contributed by atoms with Crippen molar-refractivity contribution in [3.05, 3.63) is 45.7 Å². The molecule has 0 atom stereocenters. The molecule has 21 heavy (non-hydrogen) atoms. The molecule has 108 valence electrons. The fourth-order valence-electron chi connectivity index (χ4n) is 2.59.